The van der Waals surface area contributed by atoms with Crippen LogP contribution in [0.1, 0.15) is 24.5 Å². The number of nitrogens with one attached hydrogen (secondary N) is 1. The van der Waals surface area contributed by atoms with Gasteiger partial charge in [0.05, 0.1) is 20.2 Å². The van der Waals surface area contributed by atoms with Crippen LogP contribution in [-0.2, 0) is 22.4 Å². The summed E-state index contributed by atoms with van der Waals surface area (Å²) in [7, 11) is 1.65. The van der Waals surface area contributed by atoms with E-state index in [1.807, 2.05) is 42.5 Å². The molecule has 0 spiro atoms. The third-order valence-corrected chi connectivity index (χ3v) is 6.13. The van der Waals surface area contributed by atoms with Crippen molar-refractivity contribution >= 4 is 17.7 Å². The van der Waals surface area contributed by atoms with Crippen LogP contribution in [0.3, 0.4) is 0 Å². The first-order valence-corrected chi connectivity index (χ1v) is 11.0. The minimum atomic E-state index is -0.425. The Morgan fingerprint density at radius 1 is 1.21 bits per heavy atom. The van der Waals surface area contributed by atoms with Gasteiger partial charge in [0.15, 0.2) is 5.76 Å². The molecule has 1 aliphatic carbocycles. The first-order valence-electron chi connectivity index (χ1n) is 11.0. The van der Waals surface area contributed by atoms with Gasteiger partial charge in [-0.05, 0) is 49.1 Å². The summed E-state index contributed by atoms with van der Waals surface area (Å²) in [6.07, 6.45) is 1.89. The number of hydrogen-bond donors (Lipinski definition) is 1. The molecule has 0 bridgehead atoms. The van der Waals surface area contributed by atoms with Gasteiger partial charge in [-0.25, -0.2) is 4.79 Å². The maximum Gasteiger partial charge on any atom is 0.414 e. The third-order valence-electron chi connectivity index (χ3n) is 6.13. The Kier molecular flexibility index (Phi) is 5.50. The predicted molar refractivity (Wildman–Crippen MR) is 122 cm³/mol. The maximum absolute atomic E-state index is 12.5. The lowest BCUT2D eigenvalue weighted by Crippen LogP contribution is -2.33. The lowest BCUT2D eigenvalue weighted by Gasteiger charge is -2.15. The molecule has 3 aromatic rings. The average Bonchev–Trinajstić information content (AvgIpc) is 3.36. The number of aromatic nitrogens is 1. The summed E-state index contributed by atoms with van der Waals surface area (Å²) in [5, 5.41) is 7.11. The molecule has 2 amide bonds. The second kappa shape index (κ2) is 8.61. The molecule has 170 valence electrons. The van der Waals surface area contributed by atoms with E-state index < -0.39 is 12.2 Å². The van der Waals surface area contributed by atoms with Crippen molar-refractivity contribution in [2.24, 2.45) is 0 Å². The quantitative estimate of drug-likeness (QED) is 0.636. The zero-order valence-corrected chi connectivity index (χ0v) is 18.6. The van der Waals surface area contributed by atoms with E-state index in [9.17, 15) is 9.59 Å². The molecule has 0 radical (unpaired) electrons. The van der Waals surface area contributed by atoms with Crippen molar-refractivity contribution < 1.29 is 23.6 Å². The maximum atomic E-state index is 12.5. The van der Waals surface area contributed by atoms with Crippen molar-refractivity contribution in [1.29, 1.82) is 0 Å². The minimum Gasteiger partial charge on any atom is -0.496 e. The molecule has 1 aromatic heterocycles. The monoisotopic (exact) mass is 447 g/mol. The average molecular weight is 447 g/mol. The van der Waals surface area contributed by atoms with Crippen LogP contribution in [0.15, 0.2) is 47.0 Å². The Hall–Kier alpha value is -3.81. The van der Waals surface area contributed by atoms with Gasteiger partial charge in [0.1, 0.15) is 17.5 Å². The van der Waals surface area contributed by atoms with Gasteiger partial charge in [-0.15, -0.1) is 0 Å². The van der Waals surface area contributed by atoms with Crippen molar-refractivity contribution in [2.75, 3.05) is 25.1 Å². The number of amides is 2. The highest BCUT2D eigenvalue weighted by Gasteiger charge is 2.33. The molecule has 8 heteroatoms. The van der Waals surface area contributed by atoms with Crippen LogP contribution >= 0.6 is 0 Å². The summed E-state index contributed by atoms with van der Waals surface area (Å²) < 4.78 is 16.9. The molecule has 1 aliphatic heterocycles. The largest absolute Gasteiger partial charge is 0.496 e. The molecule has 1 saturated heterocycles. The molecular formula is C25H25N3O5. The van der Waals surface area contributed by atoms with Crippen LogP contribution in [0.2, 0.25) is 0 Å². The molecule has 2 heterocycles. The van der Waals surface area contributed by atoms with E-state index in [0.29, 0.717) is 6.54 Å². The van der Waals surface area contributed by atoms with Crippen LogP contribution in [-0.4, -0.2) is 43.5 Å². The zero-order valence-electron chi connectivity index (χ0n) is 18.6. The van der Waals surface area contributed by atoms with Crippen LogP contribution < -0.4 is 15.0 Å². The van der Waals surface area contributed by atoms with Gasteiger partial charge in [0, 0.05) is 29.3 Å². The normalized spacial score (nSPS) is 17.1. The number of ether oxygens (including phenoxy) is 2. The van der Waals surface area contributed by atoms with E-state index in [4.69, 9.17) is 14.0 Å². The topological polar surface area (TPSA) is 93.9 Å². The van der Waals surface area contributed by atoms with E-state index in [2.05, 4.69) is 10.5 Å². The lowest BCUT2D eigenvalue weighted by molar-refractivity contribution is -0.119. The number of cyclic esters (lactones) is 1. The summed E-state index contributed by atoms with van der Waals surface area (Å²) in [5.74, 6) is 1.32. The minimum absolute atomic E-state index is 0.154. The Labute approximate surface area is 191 Å². The molecule has 8 nitrogen and oxygen atoms in total. The lowest BCUT2D eigenvalue weighted by atomic mass is 9.99. The number of hydrogen-bond acceptors (Lipinski definition) is 6. The first kappa shape index (κ1) is 21.1. The van der Waals surface area contributed by atoms with Gasteiger partial charge in [0.2, 0.25) is 5.91 Å². The summed E-state index contributed by atoms with van der Waals surface area (Å²) in [6.45, 7) is 2.10. The summed E-state index contributed by atoms with van der Waals surface area (Å²) in [4.78, 5) is 25.3. The van der Waals surface area contributed by atoms with Crippen molar-refractivity contribution in [3.05, 3.63) is 53.6 Å². The Morgan fingerprint density at radius 2 is 2.06 bits per heavy atom. The van der Waals surface area contributed by atoms with Crippen LogP contribution in [0.5, 0.6) is 5.75 Å². The van der Waals surface area contributed by atoms with Gasteiger partial charge in [0.25, 0.3) is 0 Å². The number of aryl methyl sites for hydroxylation is 1. The number of carbonyl (C=O) groups is 2. The van der Waals surface area contributed by atoms with Crippen molar-refractivity contribution in [3.63, 3.8) is 0 Å². The molecule has 5 rings (SSSR count). The molecule has 1 atom stereocenters. The van der Waals surface area contributed by atoms with Gasteiger partial charge in [-0.3, -0.25) is 9.69 Å². The number of anilines is 1. The Balaban J connectivity index is 1.50. The summed E-state index contributed by atoms with van der Waals surface area (Å²) >= 11 is 0. The van der Waals surface area contributed by atoms with Gasteiger partial charge < -0.3 is 19.3 Å². The van der Waals surface area contributed by atoms with Crippen molar-refractivity contribution in [3.8, 4) is 28.3 Å². The molecule has 1 fully saturated rings. The van der Waals surface area contributed by atoms with Crippen LogP contribution in [0, 0.1) is 0 Å². The van der Waals surface area contributed by atoms with E-state index in [-0.39, 0.29) is 12.5 Å². The number of carbonyl (C=O) groups excluding carboxylic acids is 2. The van der Waals surface area contributed by atoms with E-state index >= 15 is 0 Å². The molecule has 2 aromatic carbocycles. The number of para-hydroxylation sites is 1. The Bertz CT molecular complexity index is 1220. The van der Waals surface area contributed by atoms with E-state index in [0.717, 1.165) is 64.4 Å². The van der Waals surface area contributed by atoms with Crippen molar-refractivity contribution in [1.82, 2.24) is 10.5 Å². The number of rotatable bonds is 5. The standard InChI is InChI=1S/C25H25N3O5/c1-15(29)26-13-18-14-28(25(30)32-18)17-11-10-16-6-5-8-20-23(27-33-24(20)21(16)12-17)19-7-3-4-9-22(19)31-2/h3-4,7,9-12,18H,5-6,8,13-14H2,1-2H3,(H,26,29)/t18-/m0/s1. The van der Waals surface area contributed by atoms with E-state index in [1.165, 1.54) is 6.92 Å². The summed E-state index contributed by atoms with van der Waals surface area (Å²) in [5.41, 5.74) is 5.55. The van der Waals surface area contributed by atoms with Crippen molar-refractivity contribution in [2.45, 2.75) is 32.3 Å². The molecule has 2 aliphatic rings. The fourth-order valence-corrected chi connectivity index (χ4v) is 4.52. The second-order valence-electron chi connectivity index (χ2n) is 8.29. The highest BCUT2D eigenvalue weighted by Crippen LogP contribution is 2.41. The highest BCUT2D eigenvalue weighted by atomic mass is 16.6. The third kappa shape index (κ3) is 3.92. The molecular weight excluding hydrogens is 422 g/mol. The first-order chi connectivity index (χ1) is 16.0. The fraction of sp³-hybridized carbons (Fsp3) is 0.320. The molecule has 1 N–H and O–H groups in total. The van der Waals surface area contributed by atoms with E-state index in [1.54, 1.807) is 12.0 Å². The van der Waals surface area contributed by atoms with Gasteiger partial charge in [-0.1, -0.05) is 23.4 Å². The SMILES string of the molecule is COc1ccccc1-c1noc2c1CCCc1ccc(N3C[C@H](CNC(C)=O)OC3=O)cc1-2. The summed E-state index contributed by atoms with van der Waals surface area (Å²) in [6, 6.07) is 13.7. The molecule has 0 unspecified atom stereocenters. The Morgan fingerprint density at radius 3 is 2.88 bits per heavy atom. The number of methoxy groups -OCH3 is 1. The van der Waals surface area contributed by atoms with Gasteiger partial charge in [-0.2, -0.15) is 0 Å². The molecule has 33 heavy (non-hydrogen) atoms. The molecule has 0 saturated carbocycles. The number of fused-ring (bicyclic) bond motifs is 3. The highest BCUT2D eigenvalue weighted by molar-refractivity contribution is 5.91. The van der Waals surface area contributed by atoms with Gasteiger partial charge >= 0.3 is 6.09 Å². The fourth-order valence-electron chi connectivity index (χ4n) is 4.52. The van der Waals surface area contributed by atoms with Crippen LogP contribution in [0.25, 0.3) is 22.6 Å². The number of benzene rings is 2. The zero-order chi connectivity index (χ0) is 22.9. The smallest absolute Gasteiger partial charge is 0.414 e. The van der Waals surface area contributed by atoms with Crippen LogP contribution in [0.4, 0.5) is 10.5 Å². The second-order valence-corrected chi connectivity index (χ2v) is 8.29. The number of nitrogens with zero attached hydrogens (tertiary/aromatic N) is 2. The predicted octanol–water partition coefficient (Wildman–Crippen LogP) is 3.97.